The van der Waals surface area contributed by atoms with E-state index in [2.05, 4.69) is 0 Å². The van der Waals surface area contributed by atoms with Gasteiger partial charge in [-0.2, -0.15) is 0 Å². The summed E-state index contributed by atoms with van der Waals surface area (Å²) < 4.78 is 0. The summed E-state index contributed by atoms with van der Waals surface area (Å²) in [6.07, 6.45) is 46.9. The summed E-state index contributed by atoms with van der Waals surface area (Å²) in [5.74, 6) is -1.03. The van der Waals surface area contributed by atoms with Gasteiger partial charge in [-0.3, -0.25) is 0 Å². The SMILES string of the molecule is C1CCCCCCCCC1.C1CCCCCCCCC1.C1CCCCCCCCC1.O=C(O)C(=CCCO)CCO. The van der Waals surface area contributed by atoms with Gasteiger partial charge in [0.2, 0.25) is 0 Å². The summed E-state index contributed by atoms with van der Waals surface area (Å²) in [4.78, 5) is 10.3. The van der Waals surface area contributed by atoms with Crippen LogP contribution in [0.4, 0.5) is 0 Å². The van der Waals surface area contributed by atoms with Crippen molar-refractivity contribution in [2.24, 2.45) is 0 Å². The average molecular weight is 581 g/mol. The third-order valence-electron chi connectivity index (χ3n) is 8.68. The maximum Gasteiger partial charge on any atom is 0.331 e. The second-order valence-electron chi connectivity index (χ2n) is 12.6. The first kappa shape index (κ1) is 40.1. The van der Waals surface area contributed by atoms with Crippen molar-refractivity contribution < 1.29 is 20.1 Å². The minimum atomic E-state index is -1.03. The number of carboxylic acid groups (broad SMARTS) is 1. The molecule has 41 heavy (non-hydrogen) atoms. The molecule has 244 valence electrons. The summed E-state index contributed by atoms with van der Waals surface area (Å²) in [6, 6.07) is 0. The van der Waals surface area contributed by atoms with Crippen LogP contribution in [0.15, 0.2) is 11.6 Å². The van der Waals surface area contributed by atoms with Gasteiger partial charge in [-0.05, 0) is 6.42 Å². The molecular formula is C37H72O4. The molecule has 0 atom stereocenters. The van der Waals surface area contributed by atoms with E-state index in [1.165, 1.54) is 199 Å². The summed E-state index contributed by atoms with van der Waals surface area (Å²) in [5, 5.41) is 25.3. The number of aliphatic hydroxyl groups excluding tert-OH is 2. The summed E-state index contributed by atoms with van der Waals surface area (Å²) >= 11 is 0. The number of rotatable bonds is 5. The molecule has 0 aliphatic heterocycles. The van der Waals surface area contributed by atoms with Crippen LogP contribution in [-0.4, -0.2) is 34.5 Å². The zero-order valence-corrected chi connectivity index (χ0v) is 27.4. The van der Waals surface area contributed by atoms with Gasteiger partial charge in [0.15, 0.2) is 0 Å². The lowest BCUT2D eigenvalue weighted by Gasteiger charge is -2.05. The van der Waals surface area contributed by atoms with Gasteiger partial charge in [0.25, 0.3) is 0 Å². The van der Waals surface area contributed by atoms with E-state index < -0.39 is 5.97 Å². The van der Waals surface area contributed by atoms with E-state index in [9.17, 15) is 4.79 Å². The molecule has 4 nitrogen and oxygen atoms in total. The monoisotopic (exact) mass is 581 g/mol. The standard InChI is InChI=1S/3C10H20.C7H12O4/c3*1-2-4-6-8-10-9-7-5-3-1;8-4-1-2-6(3-5-9)7(10)11/h3*1-10H2;2,8-9H,1,3-5H2,(H,10,11). The molecule has 0 aromatic heterocycles. The Morgan fingerprint density at radius 2 is 0.585 bits per heavy atom. The number of aliphatic hydroxyl groups is 2. The van der Waals surface area contributed by atoms with Gasteiger partial charge in [-0.25, -0.2) is 4.79 Å². The third kappa shape index (κ3) is 33.5. The minimum Gasteiger partial charge on any atom is -0.478 e. The second kappa shape index (κ2) is 35.3. The Balaban J connectivity index is 0.000000520. The molecule has 3 saturated carbocycles. The van der Waals surface area contributed by atoms with Gasteiger partial charge < -0.3 is 15.3 Å². The van der Waals surface area contributed by atoms with E-state index in [4.69, 9.17) is 15.3 Å². The van der Waals surface area contributed by atoms with Crippen LogP contribution >= 0.6 is 0 Å². The highest BCUT2D eigenvalue weighted by Crippen LogP contribution is 2.17. The zero-order chi connectivity index (χ0) is 29.9. The lowest BCUT2D eigenvalue weighted by molar-refractivity contribution is -0.132. The van der Waals surface area contributed by atoms with Crippen LogP contribution in [0, 0.1) is 0 Å². The van der Waals surface area contributed by atoms with E-state index in [-0.39, 0.29) is 25.2 Å². The van der Waals surface area contributed by atoms with Crippen LogP contribution in [0.1, 0.15) is 205 Å². The maximum absolute atomic E-state index is 10.3. The van der Waals surface area contributed by atoms with E-state index in [1.807, 2.05) is 0 Å². The largest absolute Gasteiger partial charge is 0.478 e. The molecule has 3 rings (SSSR count). The van der Waals surface area contributed by atoms with Crippen molar-refractivity contribution >= 4 is 5.97 Å². The highest BCUT2D eigenvalue weighted by atomic mass is 16.4. The lowest BCUT2D eigenvalue weighted by Crippen LogP contribution is -2.02. The van der Waals surface area contributed by atoms with E-state index in [0.717, 1.165) is 0 Å². The molecule has 0 aromatic carbocycles. The van der Waals surface area contributed by atoms with Crippen LogP contribution in [0.25, 0.3) is 0 Å². The van der Waals surface area contributed by atoms with Crippen LogP contribution in [0.2, 0.25) is 0 Å². The highest BCUT2D eigenvalue weighted by molar-refractivity contribution is 5.86. The molecule has 3 N–H and O–H groups in total. The van der Waals surface area contributed by atoms with E-state index >= 15 is 0 Å². The summed E-state index contributed by atoms with van der Waals surface area (Å²) in [5.41, 5.74) is 0.154. The van der Waals surface area contributed by atoms with Crippen LogP contribution in [0.5, 0.6) is 0 Å². The molecular weight excluding hydrogens is 508 g/mol. The van der Waals surface area contributed by atoms with Gasteiger partial charge in [-0.15, -0.1) is 0 Å². The molecule has 0 heterocycles. The fraction of sp³-hybridized carbons (Fsp3) is 0.919. The first-order chi connectivity index (χ1) is 20.2. The van der Waals surface area contributed by atoms with E-state index in [0.29, 0.717) is 6.42 Å². The third-order valence-corrected chi connectivity index (χ3v) is 8.68. The second-order valence-corrected chi connectivity index (χ2v) is 12.6. The molecule has 0 bridgehead atoms. The molecule has 0 unspecified atom stereocenters. The first-order valence-corrected chi connectivity index (χ1v) is 18.4. The summed E-state index contributed by atoms with van der Waals surface area (Å²) in [7, 11) is 0. The van der Waals surface area contributed by atoms with Crippen molar-refractivity contribution in [2.75, 3.05) is 13.2 Å². The van der Waals surface area contributed by atoms with Crippen LogP contribution in [-0.2, 0) is 4.79 Å². The molecule has 0 saturated heterocycles. The van der Waals surface area contributed by atoms with Crippen LogP contribution < -0.4 is 0 Å². The Bertz CT molecular complexity index is 398. The van der Waals surface area contributed by atoms with Crippen molar-refractivity contribution in [3.63, 3.8) is 0 Å². The number of carboxylic acids is 1. The predicted molar refractivity (Wildman–Crippen MR) is 178 cm³/mol. The first-order valence-electron chi connectivity index (χ1n) is 18.4. The van der Waals surface area contributed by atoms with Crippen molar-refractivity contribution in [3.8, 4) is 0 Å². The van der Waals surface area contributed by atoms with Crippen LogP contribution in [0.3, 0.4) is 0 Å². The maximum atomic E-state index is 10.3. The Morgan fingerprint density at radius 3 is 0.707 bits per heavy atom. The van der Waals surface area contributed by atoms with Gasteiger partial charge in [0, 0.05) is 25.2 Å². The number of carbonyl (C=O) groups is 1. The smallest absolute Gasteiger partial charge is 0.331 e. The average Bonchev–Trinajstić information content (AvgIpc) is 3.01. The Morgan fingerprint density at radius 1 is 0.390 bits per heavy atom. The number of hydrogen-bond acceptors (Lipinski definition) is 3. The lowest BCUT2D eigenvalue weighted by atomic mass is 10.0. The zero-order valence-electron chi connectivity index (χ0n) is 27.4. The van der Waals surface area contributed by atoms with Crippen molar-refractivity contribution in [1.29, 1.82) is 0 Å². The molecule has 0 aromatic rings. The quantitative estimate of drug-likeness (QED) is 0.283. The Labute approximate surface area is 256 Å². The predicted octanol–water partition coefficient (Wildman–Crippen LogP) is 11.5. The Hall–Kier alpha value is -0.870. The van der Waals surface area contributed by atoms with Crippen molar-refractivity contribution in [2.45, 2.75) is 205 Å². The molecule has 3 aliphatic rings. The molecule has 3 fully saturated rings. The topological polar surface area (TPSA) is 77.8 Å². The fourth-order valence-corrected chi connectivity index (χ4v) is 5.96. The minimum absolute atomic E-state index is 0.0673. The van der Waals surface area contributed by atoms with Crippen molar-refractivity contribution in [1.82, 2.24) is 0 Å². The normalized spacial score (nSPS) is 20.7. The molecule has 0 spiro atoms. The molecule has 3 aliphatic carbocycles. The van der Waals surface area contributed by atoms with Gasteiger partial charge in [0.1, 0.15) is 0 Å². The van der Waals surface area contributed by atoms with Gasteiger partial charge in [-0.1, -0.05) is 199 Å². The summed E-state index contributed by atoms with van der Waals surface area (Å²) in [6.45, 7) is -0.244. The van der Waals surface area contributed by atoms with Gasteiger partial charge >= 0.3 is 5.97 Å². The molecule has 0 amide bonds. The fourth-order valence-electron chi connectivity index (χ4n) is 5.96. The number of aliphatic carboxylic acids is 1. The van der Waals surface area contributed by atoms with Gasteiger partial charge in [0.05, 0.1) is 0 Å². The molecule has 4 heteroatoms. The number of hydrogen-bond donors (Lipinski definition) is 3. The highest BCUT2D eigenvalue weighted by Gasteiger charge is 2.04. The van der Waals surface area contributed by atoms with E-state index in [1.54, 1.807) is 0 Å². The molecule has 0 radical (unpaired) electrons. The van der Waals surface area contributed by atoms with Crippen molar-refractivity contribution in [3.05, 3.63) is 11.6 Å². The Kier molecular flexibility index (Phi) is 34.6.